The normalized spacial score (nSPS) is 16.3. The van der Waals surface area contributed by atoms with Crippen LogP contribution in [0.3, 0.4) is 0 Å². The second-order valence-electron chi connectivity index (χ2n) is 5.95. The summed E-state index contributed by atoms with van der Waals surface area (Å²) in [6.45, 7) is 0. The predicted octanol–water partition coefficient (Wildman–Crippen LogP) is 5.81. The van der Waals surface area contributed by atoms with E-state index in [1.165, 1.54) is 6.07 Å². The fourth-order valence-corrected chi connectivity index (χ4v) is 3.48. The van der Waals surface area contributed by atoms with Crippen LogP contribution >= 0.6 is 23.8 Å². The lowest BCUT2D eigenvalue weighted by Gasteiger charge is -2.14. The van der Waals surface area contributed by atoms with E-state index in [4.69, 9.17) is 28.8 Å². The van der Waals surface area contributed by atoms with E-state index in [-0.39, 0.29) is 5.82 Å². The minimum atomic E-state index is -0.410. The molecule has 0 spiro atoms. The number of hydrogen-bond donors (Lipinski definition) is 1. The maximum absolute atomic E-state index is 14.6. The molecule has 0 fully saturated rings. The Bertz CT molecular complexity index is 1020. The Morgan fingerprint density at radius 1 is 0.923 bits per heavy atom. The molecule has 0 amide bonds. The number of nitrogens with zero attached hydrogens (tertiary/aromatic N) is 1. The maximum Gasteiger partial charge on any atom is 0.132 e. The summed E-state index contributed by atoms with van der Waals surface area (Å²) in [5, 5.41) is 3.81. The van der Waals surface area contributed by atoms with Gasteiger partial charge in [-0.2, -0.15) is 0 Å². The van der Waals surface area contributed by atoms with E-state index in [0.717, 1.165) is 16.8 Å². The summed E-state index contributed by atoms with van der Waals surface area (Å²) in [6.07, 6.45) is 0. The van der Waals surface area contributed by atoms with Crippen LogP contribution < -0.4 is 5.32 Å². The van der Waals surface area contributed by atoms with E-state index < -0.39 is 6.04 Å². The van der Waals surface area contributed by atoms with Crippen molar-refractivity contribution in [2.24, 2.45) is 4.99 Å². The van der Waals surface area contributed by atoms with Gasteiger partial charge in [-0.3, -0.25) is 4.99 Å². The average Bonchev–Trinajstić information content (AvgIpc) is 2.79. The van der Waals surface area contributed by atoms with Gasteiger partial charge in [0.2, 0.25) is 0 Å². The highest BCUT2D eigenvalue weighted by Crippen LogP contribution is 2.32. The molecule has 4 rings (SSSR count). The first-order valence-electron chi connectivity index (χ1n) is 8.12. The molecule has 1 N–H and O–H groups in total. The first-order chi connectivity index (χ1) is 12.6. The summed E-state index contributed by atoms with van der Waals surface area (Å²) >= 11 is 11.8. The van der Waals surface area contributed by atoms with Crippen molar-refractivity contribution in [1.82, 2.24) is 0 Å². The van der Waals surface area contributed by atoms with Crippen molar-refractivity contribution in [3.05, 3.63) is 100 Å². The molecule has 1 aliphatic rings. The van der Waals surface area contributed by atoms with Gasteiger partial charge in [0, 0.05) is 21.8 Å². The van der Waals surface area contributed by atoms with Gasteiger partial charge in [0.05, 0.1) is 5.71 Å². The van der Waals surface area contributed by atoms with Crippen molar-refractivity contribution in [3.8, 4) is 0 Å². The van der Waals surface area contributed by atoms with Gasteiger partial charge in [0.1, 0.15) is 16.8 Å². The van der Waals surface area contributed by atoms with Gasteiger partial charge < -0.3 is 5.32 Å². The van der Waals surface area contributed by atoms with Gasteiger partial charge in [-0.05, 0) is 35.9 Å². The summed E-state index contributed by atoms with van der Waals surface area (Å²) in [4.78, 5) is 5.42. The number of fused-ring (bicyclic) bond motifs is 1. The number of aliphatic imine (C=N–C) groups is 1. The Kier molecular flexibility index (Phi) is 4.53. The Labute approximate surface area is 161 Å². The Balaban J connectivity index is 1.97. The number of benzene rings is 3. The van der Waals surface area contributed by atoms with Crippen molar-refractivity contribution >= 4 is 40.2 Å². The fraction of sp³-hybridized carbons (Fsp3) is 0.0476. The molecule has 1 heterocycles. The highest BCUT2D eigenvalue weighted by atomic mass is 35.5. The Hall–Kier alpha value is -2.56. The number of thiocarbonyl (C=S) groups is 1. The van der Waals surface area contributed by atoms with Gasteiger partial charge in [0.25, 0.3) is 0 Å². The van der Waals surface area contributed by atoms with Crippen LogP contribution in [0.1, 0.15) is 22.7 Å². The lowest BCUT2D eigenvalue weighted by atomic mass is 10.00. The van der Waals surface area contributed by atoms with Crippen molar-refractivity contribution in [3.63, 3.8) is 0 Å². The number of nitrogens with one attached hydrogen (secondary N) is 1. The van der Waals surface area contributed by atoms with Crippen molar-refractivity contribution in [2.75, 3.05) is 5.32 Å². The molecule has 5 heteroatoms. The number of benzodiazepines with no additional fused rings is 1. The minimum absolute atomic E-state index is 0.336. The molecule has 1 aliphatic heterocycles. The molecule has 3 aromatic rings. The Morgan fingerprint density at radius 3 is 2.42 bits per heavy atom. The van der Waals surface area contributed by atoms with Gasteiger partial charge in [0.15, 0.2) is 0 Å². The molecule has 0 aromatic heterocycles. The summed E-state index contributed by atoms with van der Waals surface area (Å²) in [7, 11) is 0. The topological polar surface area (TPSA) is 24.4 Å². The van der Waals surface area contributed by atoms with Gasteiger partial charge in [-0.15, -0.1) is 0 Å². The van der Waals surface area contributed by atoms with Gasteiger partial charge >= 0.3 is 0 Å². The fourth-order valence-electron chi connectivity index (χ4n) is 3.01. The second kappa shape index (κ2) is 6.98. The van der Waals surface area contributed by atoms with Crippen molar-refractivity contribution in [2.45, 2.75) is 6.04 Å². The third kappa shape index (κ3) is 3.14. The van der Waals surface area contributed by atoms with E-state index in [2.05, 4.69) is 5.32 Å². The van der Waals surface area contributed by atoms with Crippen molar-refractivity contribution in [1.29, 1.82) is 0 Å². The largest absolute Gasteiger partial charge is 0.347 e. The number of hydrogen-bond acceptors (Lipinski definition) is 2. The van der Waals surface area contributed by atoms with Crippen LogP contribution in [0.5, 0.6) is 0 Å². The lowest BCUT2D eigenvalue weighted by molar-refractivity contribution is 0.625. The summed E-state index contributed by atoms with van der Waals surface area (Å²) in [5.74, 6) is -0.336. The molecule has 3 aromatic carbocycles. The van der Waals surface area contributed by atoms with E-state index >= 15 is 0 Å². The third-order valence-corrected chi connectivity index (χ3v) is 4.81. The molecule has 128 valence electrons. The minimum Gasteiger partial charge on any atom is -0.347 e. The predicted molar refractivity (Wildman–Crippen MR) is 109 cm³/mol. The van der Waals surface area contributed by atoms with Crippen LogP contribution in [0.25, 0.3) is 0 Å². The molecule has 0 aliphatic carbocycles. The molecule has 2 nitrogen and oxygen atoms in total. The SMILES string of the molecule is Fc1ccccc1C1=N[C@@H](c2ccccc2)C(=S)Nc2ccc(Cl)cc21. The highest BCUT2D eigenvalue weighted by molar-refractivity contribution is 7.80. The zero-order valence-electron chi connectivity index (χ0n) is 13.6. The van der Waals surface area contributed by atoms with E-state index in [1.807, 2.05) is 36.4 Å². The number of halogens is 2. The van der Waals surface area contributed by atoms with Crippen LogP contribution in [-0.2, 0) is 0 Å². The number of rotatable bonds is 2. The summed E-state index contributed by atoms with van der Waals surface area (Å²) in [6, 6.07) is 21.3. The van der Waals surface area contributed by atoms with E-state index in [1.54, 1.807) is 30.3 Å². The van der Waals surface area contributed by atoms with Crippen LogP contribution in [-0.4, -0.2) is 10.7 Å². The summed E-state index contributed by atoms with van der Waals surface area (Å²) in [5.41, 5.74) is 3.38. The molecular weight excluding hydrogens is 367 g/mol. The zero-order chi connectivity index (χ0) is 18.1. The van der Waals surface area contributed by atoms with E-state index in [9.17, 15) is 4.39 Å². The molecule has 0 bridgehead atoms. The van der Waals surface area contributed by atoms with Crippen LogP contribution in [0.4, 0.5) is 10.1 Å². The third-order valence-electron chi connectivity index (χ3n) is 4.25. The molecule has 1 atom stereocenters. The molecule has 0 saturated carbocycles. The monoisotopic (exact) mass is 380 g/mol. The number of anilines is 1. The van der Waals surface area contributed by atoms with Crippen LogP contribution in [0.15, 0.2) is 77.8 Å². The second-order valence-corrected chi connectivity index (χ2v) is 6.83. The lowest BCUT2D eigenvalue weighted by Crippen LogP contribution is -2.16. The molecular formula is C21H14ClFN2S. The van der Waals surface area contributed by atoms with Gasteiger partial charge in [-0.25, -0.2) is 4.39 Å². The zero-order valence-corrected chi connectivity index (χ0v) is 15.2. The standard InChI is InChI=1S/C21H14ClFN2S/c22-14-10-11-18-16(12-14)20(15-8-4-5-9-17(15)23)25-19(21(26)24-18)13-6-2-1-3-7-13/h1-12,19H,(H,24,26)/t19-/m0/s1. The molecule has 26 heavy (non-hydrogen) atoms. The molecule has 0 saturated heterocycles. The first kappa shape index (κ1) is 16.9. The first-order valence-corrected chi connectivity index (χ1v) is 8.90. The van der Waals surface area contributed by atoms with Crippen LogP contribution in [0, 0.1) is 5.82 Å². The van der Waals surface area contributed by atoms with Gasteiger partial charge in [-0.1, -0.05) is 66.3 Å². The Morgan fingerprint density at radius 2 is 1.65 bits per heavy atom. The highest BCUT2D eigenvalue weighted by Gasteiger charge is 2.25. The van der Waals surface area contributed by atoms with Crippen LogP contribution in [0.2, 0.25) is 5.02 Å². The summed E-state index contributed by atoms with van der Waals surface area (Å²) < 4.78 is 14.6. The maximum atomic E-state index is 14.6. The smallest absolute Gasteiger partial charge is 0.132 e. The van der Waals surface area contributed by atoms with E-state index in [0.29, 0.717) is 21.3 Å². The molecule has 0 unspecified atom stereocenters. The average molecular weight is 381 g/mol. The van der Waals surface area contributed by atoms with Crippen molar-refractivity contribution < 1.29 is 4.39 Å². The quantitative estimate of drug-likeness (QED) is 0.567. The molecule has 0 radical (unpaired) electrons.